The molecule has 1 aromatic heterocycles. The number of alkyl halides is 1. The first-order chi connectivity index (χ1) is 9.31. The van der Waals surface area contributed by atoms with Crippen LogP contribution >= 0.6 is 11.6 Å². The standard InChI is InChI=1S/C13H15ClN4O/c14-8-4-3-7-13(19)17-11-5-1-2-6-12(11)18-10-15-9-16-18/h1-2,5-6,9-10H,3-4,7-8H2,(H,17,19). The number of amides is 1. The monoisotopic (exact) mass is 278 g/mol. The molecule has 0 saturated carbocycles. The Morgan fingerprint density at radius 2 is 2.16 bits per heavy atom. The normalized spacial score (nSPS) is 10.4. The molecule has 6 heteroatoms. The number of hydrogen-bond donors (Lipinski definition) is 1. The Morgan fingerprint density at radius 1 is 1.32 bits per heavy atom. The van der Waals surface area contributed by atoms with E-state index in [9.17, 15) is 4.79 Å². The second-order valence-corrected chi connectivity index (χ2v) is 4.43. The number of hydrogen-bond acceptors (Lipinski definition) is 3. The maximum Gasteiger partial charge on any atom is 0.224 e. The van der Waals surface area contributed by atoms with Crippen LogP contribution < -0.4 is 5.32 Å². The smallest absolute Gasteiger partial charge is 0.224 e. The average Bonchev–Trinajstić information content (AvgIpc) is 2.93. The number of carbonyl (C=O) groups is 1. The van der Waals surface area contributed by atoms with Gasteiger partial charge in [0.1, 0.15) is 12.7 Å². The van der Waals surface area contributed by atoms with Crippen LogP contribution in [0.2, 0.25) is 0 Å². The van der Waals surface area contributed by atoms with Crippen LogP contribution in [-0.4, -0.2) is 26.6 Å². The van der Waals surface area contributed by atoms with E-state index in [4.69, 9.17) is 11.6 Å². The van der Waals surface area contributed by atoms with E-state index in [2.05, 4.69) is 15.4 Å². The van der Waals surface area contributed by atoms with Crippen LogP contribution in [0.1, 0.15) is 19.3 Å². The van der Waals surface area contributed by atoms with E-state index in [-0.39, 0.29) is 5.91 Å². The zero-order chi connectivity index (χ0) is 13.5. The van der Waals surface area contributed by atoms with Gasteiger partial charge in [-0.05, 0) is 25.0 Å². The molecule has 2 aromatic rings. The van der Waals surface area contributed by atoms with E-state index in [1.165, 1.54) is 6.33 Å². The summed E-state index contributed by atoms with van der Waals surface area (Å²) in [6.45, 7) is 0. The topological polar surface area (TPSA) is 59.8 Å². The first kappa shape index (κ1) is 13.5. The molecule has 1 aromatic carbocycles. The molecule has 100 valence electrons. The van der Waals surface area contributed by atoms with Crippen LogP contribution in [0.15, 0.2) is 36.9 Å². The molecule has 0 spiro atoms. The molecule has 1 amide bonds. The Hall–Kier alpha value is -1.88. The number of anilines is 1. The predicted octanol–water partition coefficient (Wildman–Crippen LogP) is 2.61. The lowest BCUT2D eigenvalue weighted by atomic mass is 10.2. The molecule has 5 nitrogen and oxygen atoms in total. The van der Waals surface area contributed by atoms with E-state index in [0.29, 0.717) is 12.3 Å². The quantitative estimate of drug-likeness (QED) is 0.653. The van der Waals surface area contributed by atoms with Gasteiger partial charge in [-0.15, -0.1) is 11.6 Å². The molecule has 2 rings (SSSR count). The van der Waals surface area contributed by atoms with Crippen molar-refractivity contribution in [3.63, 3.8) is 0 Å². The Balaban J connectivity index is 2.06. The van der Waals surface area contributed by atoms with Crippen molar-refractivity contribution < 1.29 is 4.79 Å². The van der Waals surface area contributed by atoms with Crippen molar-refractivity contribution in [1.82, 2.24) is 14.8 Å². The van der Waals surface area contributed by atoms with Gasteiger partial charge in [0.15, 0.2) is 0 Å². The summed E-state index contributed by atoms with van der Waals surface area (Å²) in [5, 5.41) is 6.95. The number of carbonyl (C=O) groups excluding carboxylic acids is 1. The number of unbranched alkanes of at least 4 members (excludes halogenated alkanes) is 1. The lowest BCUT2D eigenvalue weighted by molar-refractivity contribution is -0.116. The van der Waals surface area contributed by atoms with Gasteiger partial charge >= 0.3 is 0 Å². The summed E-state index contributed by atoms with van der Waals surface area (Å²) in [5.41, 5.74) is 1.52. The van der Waals surface area contributed by atoms with Gasteiger partial charge in [0, 0.05) is 12.3 Å². The predicted molar refractivity (Wildman–Crippen MR) is 74.6 cm³/mol. The first-order valence-electron chi connectivity index (χ1n) is 6.11. The van der Waals surface area contributed by atoms with Crippen molar-refractivity contribution in [1.29, 1.82) is 0 Å². The fraction of sp³-hybridized carbons (Fsp3) is 0.308. The van der Waals surface area contributed by atoms with E-state index in [1.54, 1.807) is 11.0 Å². The molecule has 0 aliphatic heterocycles. The maximum absolute atomic E-state index is 11.8. The summed E-state index contributed by atoms with van der Waals surface area (Å²) in [6, 6.07) is 7.48. The van der Waals surface area contributed by atoms with E-state index < -0.39 is 0 Å². The molecule has 0 unspecified atom stereocenters. The number of para-hydroxylation sites is 2. The molecule has 0 atom stereocenters. The Morgan fingerprint density at radius 3 is 2.89 bits per heavy atom. The Labute approximate surface area is 116 Å². The molecule has 0 radical (unpaired) electrons. The third-order valence-corrected chi connectivity index (χ3v) is 2.90. The second kappa shape index (κ2) is 6.89. The average molecular weight is 279 g/mol. The van der Waals surface area contributed by atoms with E-state index in [0.717, 1.165) is 24.2 Å². The van der Waals surface area contributed by atoms with Gasteiger partial charge in [0.25, 0.3) is 0 Å². The summed E-state index contributed by atoms with van der Waals surface area (Å²) in [5.74, 6) is 0.570. The van der Waals surface area contributed by atoms with Crippen molar-refractivity contribution >= 4 is 23.2 Å². The van der Waals surface area contributed by atoms with Gasteiger partial charge in [-0.1, -0.05) is 12.1 Å². The highest BCUT2D eigenvalue weighted by Crippen LogP contribution is 2.18. The summed E-state index contributed by atoms with van der Waals surface area (Å²) < 4.78 is 1.62. The molecule has 0 aliphatic rings. The number of aromatic nitrogens is 3. The van der Waals surface area contributed by atoms with E-state index in [1.807, 2.05) is 24.3 Å². The van der Waals surface area contributed by atoms with Gasteiger partial charge in [0.05, 0.1) is 11.4 Å². The van der Waals surface area contributed by atoms with Crippen molar-refractivity contribution in [2.45, 2.75) is 19.3 Å². The molecular formula is C13H15ClN4O. The highest BCUT2D eigenvalue weighted by atomic mass is 35.5. The minimum atomic E-state index is -0.0160. The molecular weight excluding hydrogens is 264 g/mol. The molecule has 19 heavy (non-hydrogen) atoms. The fourth-order valence-electron chi connectivity index (χ4n) is 1.70. The molecule has 1 N–H and O–H groups in total. The third kappa shape index (κ3) is 3.79. The third-order valence-electron chi connectivity index (χ3n) is 2.63. The molecule has 0 aliphatic carbocycles. The van der Waals surface area contributed by atoms with Crippen molar-refractivity contribution in [2.75, 3.05) is 11.2 Å². The fourth-order valence-corrected chi connectivity index (χ4v) is 1.89. The molecule has 1 heterocycles. The summed E-state index contributed by atoms with van der Waals surface area (Å²) in [4.78, 5) is 15.7. The van der Waals surface area contributed by atoms with Crippen LogP contribution in [0.3, 0.4) is 0 Å². The van der Waals surface area contributed by atoms with Crippen LogP contribution in [0.25, 0.3) is 5.69 Å². The zero-order valence-electron chi connectivity index (χ0n) is 10.4. The zero-order valence-corrected chi connectivity index (χ0v) is 11.2. The lowest BCUT2D eigenvalue weighted by Crippen LogP contribution is -2.13. The number of benzene rings is 1. The Kier molecular flexibility index (Phi) is 4.92. The molecule has 0 saturated heterocycles. The van der Waals surface area contributed by atoms with Crippen LogP contribution in [0.4, 0.5) is 5.69 Å². The van der Waals surface area contributed by atoms with Crippen molar-refractivity contribution in [3.05, 3.63) is 36.9 Å². The number of nitrogens with zero attached hydrogens (tertiary/aromatic N) is 3. The second-order valence-electron chi connectivity index (χ2n) is 4.05. The minimum Gasteiger partial charge on any atom is -0.324 e. The number of nitrogens with one attached hydrogen (secondary N) is 1. The molecule has 0 fully saturated rings. The van der Waals surface area contributed by atoms with Gasteiger partial charge in [0.2, 0.25) is 5.91 Å². The summed E-state index contributed by atoms with van der Waals surface area (Å²) in [6.07, 6.45) is 5.16. The summed E-state index contributed by atoms with van der Waals surface area (Å²) in [7, 11) is 0. The number of rotatable bonds is 6. The highest BCUT2D eigenvalue weighted by Gasteiger charge is 2.08. The Bertz CT molecular complexity index is 527. The highest BCUT2D eigenvalue weighted by molar-refractivity contribution is 6.17. The summed E-state index contributed by atoms with van der Waals surface area (Å²) >= 11 is 5.59. The van der Waals surface area contributed by atoms with Crippen LogP contribution in [0, 0.1) is 0 Å². The van der Waals surface area contributed by atoms with Gasteiger partial charge in [-0.25, -0.2) is 9.67 Å². The van der Waals surface area contributed by atoms with E-state index >= 15 is 0 Å². The first-order valence-corrected chi connectivity index (χ1v) is 6.64. The van der Waals surface area contributed by atoms with Gasteiger partial charge in [-0.2, -0.15) is 5.10 Å². The van der Waals surface area contributed by atoms with Gasteiger partial charge < -0.3 is 5.32 Å². The lowest BCUT2D eigenvalue weighted by Gasteiger charge is -2.10. The number of halogens is 1. The largest absolute Gasteiger partial charge is 0.324 e. The molecule has 0 bridgehead atoms. The van der Waals surface area contributed by atoms with Crippen molar-refractivity contribution in [2.24, 2.45) is 0 Å². The van der Waals surface area contributed by atoms with Crippen molar-refractivity contribution in [3.8, 4) is 5.69 Å². The minimum absolute atomic E-state index is 0.0160. The van der Waals surface area contributed by atoms with Crippen LogP contribution in [-0.2, 0) is 4.79 Å². The van der Waals surface area contributed by atoms with Gasteiger partial charge in [-0.3, -0.25) is 4.79 Å². The maximum atomic E-state index is 11.8. The SMILES string of the molecule is O=C(CCCCCl)Nc1ccccc1-n1cncn1. The van der Waals surface area contributed by atoms with Crippen LogP contribution in [0.5, 0.6) is 0 Å².